The summed E-state index contributed by atoms with van der Waals surface area (Å²) in [5, 5.41) is 0. The van der Waals surface area contributed by atoms with Crippen molar-refractivity contribution >= 4 is 0 Å². The molecule has 2 nitrogen and oxygen atoms in total. The number of rotatable bonds is 2. The van der Waals surface area contributed by atoms with Crippen LogP contribution in [0.2, 0.25) is 0 Å². The van der Waals surface area contributed by atoms with E-state index in [4.69, 9.17) is 10.5 Å². The first-order valence-corrected chi connectivity index (χ1v) is 6.54. The van der Waals surface area contributed by atoms with Crippen molar-refractivity contribution in [2.24, 2.45) is 17.1 Å². The molecule has 0 saturated heterocycles. The predicted molar refractivity (Wildman–Crippen MR) is 69.3 cm³/mol. The Bertz CT molecular complexity index is 456. The molecule has 0 aliphatic heterocycles. The highest BCUT2D eigenvalue weighted by Gasteiger charge is 2.59. The lowest BCUT2D eigenvalue weighted by Crippen LogP contribution is -2.60. The van der Waals surface area contributed by atoms with Gasteiger partial charge in [-0.1, -0.05) is 19.9 Å². The Labute approximate surface area is 103 Å². The second kappa shape index (κ2) is 3.49. The van der Waals surface area contributed by atoms with E-state index in [-0.39, 0.29) is 5.41 Å². The molecule has 4 atom stereocenters. The van der Waals surface area contributed by atoms with Crippen molar-refractivity contribution in [3.63, 3.8) is 0 Å². The van der Waals surface area contributed by atoms with Crippen LogP contribution in [0.3, 0.4) is 0 Å². The number of methoxy groups -OCH3 is 1. The molecule has 0 bridgehead atoms. The van der Waals surface area contributed by atoms with Gasteiger partial charge < -0.3 is 10.5 Å². The highest BCUT2D eigenvalue weighted by molar-refractivity contribution is 5.47. The summed E-state index contributed by atoms with van der Waals surface area (Å²) in [6.07, 6.45) is 2.31. The van der Waals surface area contributed by atoms with E-state index < -0.39 is 0 Å². The van der Waals surface area contributed by atoms with Crippen LogP contribution in [0.25, 0.3) is 0 Å². The molecule has 2 N–H and O–H groups in total. The van der Waals surface area contributed by atoms with E-state index in [1.807, 2.05) is 0 Å². The normalized spacial score (nSPS) is 38.2. The van der Waals surface area contributed by atoms with E-state index in [1.54, 1.807) is 7.11 Å². The van der Waals surface area contributed by atoms with Gasteiger partial charge in [0.2, 0.25) is 0 Å². The van der Waals surface area contributed by atoms with Crippen molar-refractivity contribution in [1.29, 1.82) is 0 Å². The SMILES string of the molecule is CCC1(C)C(N)C2Cc3ccc(OC)cc3C21. The van der Waals surface area contributed by atoms with Gasteiger partial charge in [-0.2, -0.15) is 0 Å². The second-order valence-electron chi connectivity index (χ2n) is 5.80. The summed E-state index contributed by atoms with van der Waals surface area (Å²) in [5.74, 6) is 2.28. The maximum atomic E-state index is 6.37. The zero-order valence-electron chi connectivity index (χ0n) is 10.9. The van der Waals surface area contributed by atoms with Gasteiger partial charge in [0.25, 0.3) is 0 Å². The first-order valence-electron chi connectivity index (χ1n) is 6.54. The number of hydrogen-bond acceptors (Lipinski definition) is 2. The molecule has 1 aromatic carbocycles. The minimum Gasteiger partial charge on any atom is -0.497 e. The van der Waals surface area contributed by atoms with Crippen LogP contribution < -0.4 is 10.5 Å². The summed E-state index contributed by atoms with van der Waals surface area (Å²) in [7, 11) is 1.74. The van der Waals surface area contributed by atoms with E-state index in [0.29, 0.717) is 17.9 Å². The minimum absolute atomic E-state index is 0.280. The molecular weight excluding hydrogens is 210 g/mol. The van der Waals surface area contributed by atoms with Crippen molar-refractivity contribution < 1.29 is 4.74 Å². The number of benzene rings is 1. The third-order valence-corrected chi connectivity index (χ3v) is 5.27. The Morgan fingerprint density at radius 2 is 2.24 bits per heavy atom. The van der Waals surface area contributed by atoms with Gasteiger partial charge in [-0.05, 0) is 53.4 Å². The van der Waals surface area contributed by atoms with Gasteiger partial charge in [0, 0.05) is 6.04 Å². The van der Waals surface area contributed by atoms with Gasteiger partial charge in [0.15, 0.2) is 0 Å². The van der Waals surface area contributed by atoms with Gasteiger partial charge in [0.1, 0.15) is 5.75 Å². The van der Waals surface area contributed by atoms with Gasteiger partial charge in [-0.25, -0.2) is 0 Å². The van der Waals surface area contributed by atoms with Crippen LogP contribution in [0.4, 0.5) is 0 Å². The maximum Gasteiger partial charge on any atom is 0.119 e. The monoisotopic (exact) mass is 231 g/mol. The molecule has 0 spiro atoms. The first kappa shape index (κ1) is 11.1. The zero-order chi connectivity index (χ0) is 12.2. The average Bonchev–Trinajstić information content (AvgIpc) is 2.73. The van der Waals surface area contributed by atoms with Crippen LogP contribution in [0, 0.1) is 11.3 Å². The number of fused-ring (bicyclic) bond motifs is 3. The average molecular weight is 231 g/mol. The van der Waals surface area contributed by atoms with Crippen LogP contribution >= 0.6 is 0 Å². The predicted octanol–water partition coefficient (Wildman–Crippen LogP) is 2.71. The van der Waals surface area contributed by atoms with E-state index in [9.17, 15) is 0 Å². The molecule has 2 aliphatic carbocycles. The van der Waals surface area contributed by atoms with E-state index in [2.05, 4.69) is 32.0 Å². The second-order valence-corrected chi connectivity index (χ2v) is 5.80. The van der Waals surface area contributed by atoms with Gasteiger partial charge in [0.05, 0.1) is 7.11 Å². The molecular formula is C15H21NO. The smallest absolute Gasteiger partial charge is 0.119 e. The molecule has 0 heterocycles. The molecule has 1 aromatic rings. The van der Waals surface area contributed by atoms with E-state index in [0.717, 1.165) is 18.6 Å². The maximum absolute atomic E-state index is 6.37. The lowest BCUT2D eigenvalue weighted by atomic mass is 9.50. The topological polar surface area (TPSA) is 35.2 Å². The molecule has 3 rings (SSSR count). The van der Waals surface area contributed by atoms with Crippen molar-refractivity contribution in [1.82, 2.24) is 0 Å². The quantitative estimate of drug-likeness (QED) is 0.849. The van der Waals surface area contributed by atoms with Crippen LogP contribution in [-0.4, -0.2) is 13.2 Å². The fourth-order valence-electron chi connectivity index (χ4n) is 3.99. The Hall–Kier alpha value is -1.02. The van der Waals surface area contributed by atoms with Crippen molar-refractivity contribution in [3.05, 3.63) is 29.3 Å². The highest BCUT2D eigenvalue weighted by Crippen LogP contribution is 2.63. The van der Waals surface area contributed by atoms with E-state index in [1.165, 1.54) is 11.1 Å². The molecule has 2 heteroatoms. The standard InChI is InChI=1S/C15H21NO/c1-4-15(2)13-11-8-10(17-3)6-5-9(11)7-12(13)14(15)16/h5-6,8,12-14H,4,7,16H2,1-3H3. The molecule has 17 heavy (non-hydrogen) atoms. The Balaban J connectivity index is 2.03. The number of nitrogens with two attached hydrogens (primary N) is 1. The van der Waals surface area contributed by atoms with Crippen LogP contribution in [0.1, 0.15) is 37.3 Å². The third kappa shape index (κ3) is 1.25. The van der Waals surface area contributed by atoms with Crippen molar-refractivity contribution in [2.45, 2.75) is 38.6 Å². The molecule has 1 saturated carbocycles. The molecule has 92 valence electrons. The summed E-state index contributed by atoms with van der Waals surface area (Å²) in [5.41, 5.74) is 9.62. The Morgan fingerprint density at radius 1 is 1.47 bits per heavy atom. The molecule has 0 aromatic heterocycles. The lowest BCUT2D eigenvalue weighted by Gasteiger charge is -2.56. The Morgan fingerprint density at radius 3 is 2.88 bits per heavy atom. The zero-order valence-corrected chi connectivity index (χ0v) is 10.9. The fourth-order valence-corrected chi connectivity index (χ4v) is 3.99. The van der Waals surface area contributed by atoms with Crippen molar-refractivity contribution in [2.75, 3.05) is 7.11 Å². The van der Waals surface area contributed by atoms with Gasteiger partial charge in [-0.15, -0.1) is 0 Å². The Kier molecular flexibility index (Phi) is 2.27. The number of hydrogen-bond donors (Lipinski definition) is 1. The van der Waals surface area contributed by atoms with E-state index >= 15 is 0 Å². The lowest BCUT2D eigenvalue weighted by molar-refractivity contribution is 0.00538. The van der Waals surface area contributed by atoms with Crippen LogP contribution in [0.15, 0.2) is 18.2 Å². The van der Waals surface area contributed by atoms with Crippen molar-refractivity contribution in [3.8, 4) is 5.75 Å². The molecule has 2 aliphatic rings. The highest BCUT2D eigenvalue weighted by atomic mass is 16.5. The summed E-state index contributed by atoms with van der Waals surface area (Å²) >= 11 is 0. The molecule has 1 fully saturated rings. The summed E-state index contributed by atoms with van der Waals surface area (Å²) in [6.45, 7) is 4.60. The first-order chi connectivity index (χ1) is 8.11. The number of ether oxygens (including phenoxy) is 1. The minimum atomic E-state index is 0.280. The van der Waals surface area contributed by atoms with Crippen LogP contribution in [0.5, 0.6) is 5.75 Å². The van der Waals surface area contributed by atoms with Gasteiger partial charge in [-0.3, -0.25) is 0 Å². The molecule has 4 unspecified atom stereocenters. The van der Waals surface area contributed by atoms with Gasteiger partial charge >= 0.3 is 0 Å². The third-order valence-electron chi connectivity index (χ3n) is 5.27. The summed E-state index contributed by atoms with van der Waals surface area (Å²) in [6, 6.07) is 6.86. The summed E-state index contributed by atoms with van der Waals surface area (Å²) in [4.78, 5) is 0. The summed E-state index contributed by atoms with van der Waals surface area (Å²) < 4.78 is 5.34. The molecule has 0 radical (unpaired) electrons. The van der Waals surface area contributed by atoms with Crippen LogP contribution in [-0.2, 0) is 6.42 Å². The largest absolute Gasteiger partial charge is 0.497 e. The molecule has 0 amide bonds. The fraction of sp³-hybridized carbons (Fsp3) is 0.600.